The van der Waals surface area contributed by atoms with E-state index in [0.717, 1.165) is 0 Å². The van der Waals surface area contributed by atoms with E-state index in [1.54, 1.807) is 0 Å². The first-order valence-electron chi connectivity index (χ1n) is 13.3. The molecule has 0 aromatic carbocycles. The van der Waals surface area contributed by atoms with Gasteiger partial charge in [-0.1, -0.05) is 0 Å². The first-order chi connectivity index (χ1) is 15.3. The molecule has 4 heteroatoms. The van der Waals surface area contributed by atoms with Crippen LogP contribution in [0.2, 0.25) is 0 Å². The topological polar surface area (TPSA) is 60.7 Å². The van der Waals surface area contributed by atoms with Gasteiger partial charge in [-0.25, -0.2) is 0 Å². The Balaban J connectivity index is 2.82. The first kappa shape index (κ1) is 30.5. The molecule has 3 nitrogen and oxygen atoms in total. The van der Waals surface area contributed by atoms with Crippen LogP contribution in [-0.2, 0) is 0 Å². The maximum atomic E-state index is 11.2. The number of hydrogen-bond acceptors (Lipinski definition) is 3. The van der Waals surface area contributed by atoms with Gasteiger partial charge in [-0.2, -0.15) is 0 Å². The summed E-state index contributed by atoms with van der Waals surface area (Å²) in [5, 5.41) is 0. The molecule has 0 spiro atoms. The predicted molar refractivity (Wildman–Crippen MR) is 154 cm³/mol. The second kappa shape index (κ2) is 8.93. The van der Waals surface area contributed by atoms with E-state index in [2.05, 4.69) is 133 Å². The van der Waals surface area contributed by atoms with Gasteiger partial charge in [0.25, 0.3) is 0 Å². The summed E-state index contributed by atoms with van der Waals surface area (Å²) in [5.74, 6) is -0.470. The van der Waals surface area contributed by atoms with Crippen LogP contribution in [-0.4, -0.2) is 20.3 Å². The minimum absolute atomic E-state index is 0.0232. The van der Waals surface area contributed by atoms with Gasteiger partial charge in [0.05, 0.1) is 0 Å². The Labute approximate surface area is 217 Å². The summed E-state index contributed by atoms with van der Waals surface area (Å²) in [4.78, 5) is 33.5. The van der Waals surface area contributed by atoms with Crippen molar-refractivity contribution in [2.75, 3.05) is 0 Å². The molecule has 0 saturated carbocycles. The standard InChI is InChI=1S/C31H55O3P/c1-26(2,3)21-15-17-23(30(13,19-21)28(7,8)9)25(35(32,33)34)24-18-16-22(27(4,5)6)20-31(24,14)29(10,11)12/h15-20,23-25,32-35H,1-14H3. The van der Waals surface area contributed by atoms with Crippen molar-refractivity contribution >= 4 is 7.94 Å². The molecule has 0 fully saturated rings. The summed E-state index contributed by atoms with van der Waals surface area (Å²) in [6.45, 7) is 31.1. The molecule has 2 aliphatic carbocycles. The summed E-state index contributed by atoms with van der Waals surface area (Å²) in [6, 6.07) is 0. The molecule has 0 aliphatic heterocycles. The second-order valence-electron chi connectivity index (χ2n) is 15.7. The van der Waals surface area contributed by atoms with Crippen molar-refractivity contribution in [2.24, 2.45) is 44.3 Å². The molecular formula is C31H55O3P. The molecule has 0 heterocycles. The molecule has 0 amide bonds. The molecule has 2 rings (SSSR count). The zero-order valence-corrected chi connectivity index (χ0v) is 26.0. The Hall–Kier alpha value is -0.730. The van der Waals surface area contributed by atoms with Gasteiger partial charge in [0, 0.05) is 0 Å². The van der Waals surface area contributed by atoms with Crippen LogP contribution in [0.5, 0.6) is 0 Å². The van der Waals surface area contributed by atoms with Crippen LogP contribution in [0.25, 0.3) is 0 Å². The SMILES string of the molecule is CC(C)(C)C1=CC(C)(C(C)(C)C)C(C(C2C=CC(C(C)(C)C)=CC2(C)C(C)(C)C)[PH](O)(O)O)C=C1. The van der Waals surface area contributed by atoms with Crippen LogP contribution in [0.3, 0.4) is 0 Å². The van der Waals surface area contributed by atoms with Crippen LogP contribution in [0, 0.1) is 44.3 Å². The molecule has 0 aromatic heterocycles. The van der Waals surface area contributed by atoms with E-state index in [4.69, 9.17) is 0 Å². The Morgan fingerprint density at radius 2 is 0.914 bits per heavy atom. The maximum absolute atomic E-state index is 11.2. The molecule has 0 radical (unpaired) electrons. The third kappa shape index (κ3) is 5.74. The van der Waals surface area contributed by atoms with E-state index in [0.29, 0.717) is 0 Å². The van der Waals surface area contributed by atoms with Gasteiger partial charge in [-0.05, 0) is 0 Å². The van der Waals surface area contributed by atoms with Gasteiger partial charge in [-0.15, -0.1) is 0 Å². The first-order valence-corrected chi connectivity index (χ1v) is 15.2. The van der Waals surface area contributed by atoms with E-state index < -0.39 is 13.6 Å². The normalized spacial score (nSPS) is 32.3. The van der Waals surface area contributed by atoms with Crippen molar-refractivity contribution in [3.05, 3.63) is 47.6 Å². The molecule has 3 N–H and O–H groups in total. The molecule has 4 atom stereocenters. The van der Waals surface area contributed by atoms with Crippen molar-refractivity contribution in [1.29, 1.82) is 0 Å². The average Bonchev–Trinajstić information content (AvgIpc) is 2.60. The molecule has 0 saturated heterocycles. The van der Waals surface area contributed by atoms with Crippen molar-refractivity contribution in [3.8, 4) is 0 Å². The summed E-state index contributed by atoms with van der Waals surface area (Å²) in [7, 11) is -4.59. The van der Waals surface area contributed by atoms with Crippen molar-refractivity contribution in [2.45, 2.75) is 103 Å². The fourth-order valence-electron chi connectivity index (χ4n) is 5.81. The quantitative estimate of drug-likeness (QED) is 0.338. The molecule has 0 bridgehead atoms. The van der Waals surface area contributed by atoms with E-state index >= 15 is 0 Å². The van der Waals surface area contributed by atoms with Gasteiger partial charge in [0.2, 0.25) is 0 Å². The third-order valence-corrected chi connectivity index (χ3v) is 11.1. The fraction of sp³-hybridized carbons (Fsp3) is 0.742. The van der Waals surface area contributed by atoms with Crippen molar-refractivity contribution < 1.29 is 14.7 Å². The number of rotatable bonds is 3. The fourth-order valence-corrected chi connectivity index (χ4v) is 7.68. The van der Waals surface area contributed by atoms with Gasteiger partial charge in [0.1, 0.15) is 0 Å². The molecule has 202 valence electrons. The molecular weight excluding hydrogens is 451 g/mol. The van der Waals surface area contributed by atoms with Crippen LogP contribution >= 0.6 is 7.94 Å². The van der Waals surface area contributed by atoms with Crippen molar-refractivity contribution in [3.63, 3.8) is 0 Å². The third-order valence-electron chi connectivity index (χ3n) is 9.45. The van der Waals surface area contributed by atoms with Crippen molar-refractivity contribution in [1.82, 2.24) is 0 Å². The Bertz CT molecular complexity index is 849. The van der Waals surface area contributed by atoms with Gasteiger partial charge >= 0.3 is 217 Å². The zero-order valence-electron chi connectivity index (χ0n) is 25.0. The molecule has 35 heavy (non-hydrogen) atoms. The molecule has 4 unspecified atom stereocenters. The Morgan fingerprint density at radius 3 is 1.11 bits per heavy atom. The Kier molecular flexibility index (Phi) is 7.78. The van der Waals surface area contributed by atoms with Gasteiger partial charge < -0.3 is 0 Å². The average molecular weight is 507 g/mol. The molecule has 0 aromatic rings. The zero-order chi connectivity index (χ0) is 27.6. The van der Waals surface area contributed by atoms with Crippen LogP contribution in [0.4, 0.5) is 0 Å². The van der Waals surface area contributed by atoms with Gasteiger partial charge in [0.15, 0.2) is 0 Å². The van der Waals surface area contributed by atoms with Crippen LogP contribution < -0.4 is 0 Å². The minimum atomic E-state index is -4.59. The van der Waals surface area contributed by atoms with E-state index in [1.807, 2.05) is 0 Å². The Morgan fingerprint density at radius 1 is 0.629 bits per heavy atom. The molecule has 2 aliphatic rings. The summed E-state index contributed by atoms with van der Waals surface area (Å²) in [6.07, 6.45) is 13.3. The summed E-state index contributed by atoms with van der Waals surface area (Å²) < 4.78 is 0. The summed E-state index contributed by atoms with van der Waals surface area (Å²) in [5.41, 5.74) is 0.648. The van der Waals surface area contributed by atoms with E-state index in [1.165, 1.54) is 11.1 Å². The second-order valence-corrected chi connectivity index (χ2v) is 17.8. The monoisotopic (exact) mass is 506 g/mol. The van der Waals surface area contributed by atoms with E-state index in [9.17, 15) is 14.7 Å². The summed E-state index contributed by atoms with van der Waals surface area (Å²) >= 11 is 0. The van der Waals surface area contributed by atoms with Crippen LogP contribution in [0.15, 0.2) is 47.6 Å². The number of allylic oxidation sites excluding steroid dienone is 8. The van der Waals surface area contributed by atoms with Crippen LogP contribution in [0.1, 0.15) is 96.9 Å². The van der Waals surface area contributed by atoms with Gasteiger partial charge in [-0.3, -0.25) is 0 Å². The number of hydrogen-bond donors (Lipinski definition) is 3. The predicted octanol–water partition coefficient (Wildman–Crippen LogP) is 8.25. The van der Waals surface area contributed by atoms with E-state index in [-0.39, 0.29) is 44.3 Å².